The Morgan fingerprint density at radius 1 is 1.30 bits per heavy atom. The number of halogens is 1. The van der Waals surface area contributed by atoms with Crippen LogP contribution in [0.4, 0.5) is 0 Å². The molecule has 2 N–H and O–H groups in total. The molecule has 170 valence electrons. The first-order valence-electron chi connectivity index (χ1n) is 10.0. The molecular weight excluding hydrogens is 499 g/mol. The second kappa shape index (κ2) is 14.4. The summed E-state index contributed by atoms with van der Waals surface area (Å²) in [7, 11) is 5.12. The second-order valence-corrected chi connectivity index (χ2v) is 7.37. The predicted octanol–water partition coefficient (Wildman–Crippen LogP) is 1.80. The van der Waals surface area contributed by atoms with Gasteiger partial charge in [0.05, 0.1) is 26.3 Å². The fourth-order valence-corrected chi connectivity index (χ4v) is 2.80. The molecule has 0 bridgehead atoms. The molecule has 8 nitrogen and oxygen atoms in total. The average molecular weight is 534 g/mol. The van der Waals surface area contributed by atoms with Gasteiger partial charge in [0, 0.05) is 45.8 Å². The number of aliphatic imine (C=N–C) groups is 1. The molecule has 9 heteroatoms. The van der Waals surface area contributed by atoms with Gasteiger partial charge in [0.1, 0.15) is 12.4 Å². The van der Waals surface area contributed by atoms with Crippen molar-refractivity contribution < 1.29 is 19.0 Å². The zero-order valence-corrected chi connectivity index (χ0v) is 20.7. The number of amides is 1. The Balaban J connectivity index is 0.00000450. The molecule has 0 spiro atoms. The van der Waals surface area contributed by atoms with Crippen molar-refractivity contribution in [2.75, 3.05) is 60.7 Å². The quantitative estimate of drug-likeness (QED) is 0.206. The van der Waals surface area contributed by atoms with Gasteiger partial charge in [0.2, 0.25) is 5.91 Å². The molecular formula is C21H35IN4O4. The molecule has 1 amide bonds. The highest BCUT2D eigenvalue weighted by Gasteiger charge is 2.16. The van der Waals surface area contributed by atoms with Gasteiger partial charge in [-0.2, -0.15) is 0 Å². The van der Waals surface area contributed by atoms with E-state index in [-0.39, 0.29) is 36.4 Å². The first kappa shape index (κ1) is 26.4. The number of benzene rings is 1. The van der Waals surface area contributed by atoms with E-state index in [9.17, 15) is 4.79 Å². The highest BCUT2D eigenvalue weighted by molar-refractivity contribution is 14.0. The number of nitrogens with one attached hydrogen (secondary N) is 2. The summed E-state index contributed by atoms with van der Waals surface area (Å²) in [5.74, 6) is 1.86. The van der Waals surface area contributed by atoms with Gasteiger partial charge in [-0.25, -0.2) is 4.99 Å². The van der Waals surface area contributed by atoms with Crippen LogP contribution in [0.3, 0.4) is 0 Å². The number of guanidine groups is 1. The van der Waals surface area contributed by atoms with E-state index < -0.39 is 0 Å². The van der Waals surface area contributed by atoms with Gasteiger partial charge in [-0.1, -0.05) is 12.1 Å². The minimum atomic E-state index is -0.0115. The van der Waals surface area contributed by atoms with Crippen molar-refractivity contribution in [2.24, 2.45) is 10.9 Å². The van der Waals surface area contributed by atoms with Crippen LogP contribution >= 0.6 is 24.0 Å². The van der Waals surface area contributed by atoms with Crippen molar-refractivity contribution in [3.63, 3.8) is 0 Å². The number of aryl methyl sites for hydroxylation is 1. The number of hydrogen-bond acceptors (Lipinski definition) is 5. The van der Waals surface area contributed by atoms with E-state index in [1.165, 1.54) is 0 Å². The summed E-state index contributed by atoms with van der Waals surface area (Å²) in [6.07, 6.45) is 1.03. The third-order valence-corrected chi connectivity index (χ3v) is 4.66. The van der Waals surface area contributed by atoms with Crippen molar-refractivity contribution in [3.8, 4) is 5.75 Å². The monoisotopic (exact) mass is 534 g/mol. The average Bonchev–Trinajstić information content (AvgIpc) is 3.22. The first-order chi connectivity index (χ1) is 14.0. The van der Waals surface area contributed by atoms with Crippen molar-refractivity contribution in [1.82, 2.24) is 15.5 Å². The summed E-state index contributed by atoms with van der Waals surface area (Å²) < 4.78 is 16.4. The second-order valence-electron chi connectivity index (χ2n) is 7.37. The zero-order chi connectivity index (χ0) is 21.1. The van der Waals surface area contributed by atoms with Crippen LogP contribution in [0.1, 0.15) is 17.5 Å². The van der Waals surface area contributed by atoms with Crippen LogP contribution < -0.4 is 15.4 Å². The summed E-state index contributed by atoms with van der Waals surface area (Å²) >= 11 is 0. The summed E-state index contributed by atoms with van der Waals surface area (Å²) in [6.45, 7) is 5.98. The van der Waals surface area contributed by atoms with Gasteiger partial charge >= 0.3 is 0 Å². The SMILES string of the molecule is COCCOc1cc(C)ccc1CN=C(NCC(=O)N(C)C)NCC1CCOC1.I. The Bertz CT molecular complexity index is 679. The Morgan fingerprint density at radius 3 is 2.77 bits per heavy atom. The van der Waals surface area contributed by atoms with Crippen LogP contribution in [0.5, 0.6) is 5.75 Å². The standard InChI is InChI=1S/C21H34N4O4.HI/c1-16-5-6-18(19(11-16)29-10-9-27-4)13-23-21(24-14-20(26)25(2)3)22-12-17-7-8-28-15-17;/h5-6,11,17H,7-10,12-15H2,1-4H3,(H2,22,23,24);1H. The molecule has 0 aromatic heterocycles. The number of rotatable bonds is 10. The number of ether oxygens (including phenoxy) is 3. The third kappa shape index (κ3) is 9.48. The minimum Gasteiger partial charge on any atom is -0.491 e. The lowest BCUT2D eigenvalue weighted by Gasteiger charge is -2.17. The maximum absolute atomic E-state index is 11.9. The van der Waals surface area contributed by atoms with E-state index in [1.54, 1.807) is 26.1 Å². The van der Waals surface area contributed by atoms with E-state index in [1.807, 2.05) is 25.1 Å². The van der Waals surface area contributed by atoms with Crippen molar-refractivity contribution in [3.05, 3.63) is 29.3 Å². The van der Waals surface area contributed by atoms with Crippen molar-refractivity contribution in [2.45, 2.75) is 19.9 Å². The number of hydrogen-bond donors (Lipinski definition) is 2. The number of likely N-dealkylation sites (N-methyl/N-ethyl adjacent to an activating group) is 1. The molecule has 1 atom stereocenters. The summed E-state index contributed by atoms with van der Waals surface area (Å²) in [6, 6.07) is 6.07. The molecule has 2 rings (SSSR count). The molecule has 1 saturated heterocycles. The third-order valence-electron chi connectivity index (χ3n) is 4.66. The molecule has 0 aliphatic carbocycles. The summed E-state index contributed by atoms with van der Waals surface area (Å²) in [5.41, 5.74) is 2.11. The Hall–Kier alpha value is -1.59. The van der Waals surface area contributed by atoms with Crippen LogP contribution in [-0.4, -0.2) is 77.5 Å². The molecule has 1 aliphatic heterocycles. The molecule has 1 fully saturated rings. The maximum atomic E-state index is 11.9. The largest absolute Gasteiger partial charge is 0.491 e. The fourth-order valence-electron chi connectivity index (χ4n) is 2.80. The van der Waals surface area contributed by atoms with Gasteiger partial charge in [-0.05, 0) is 25.0 Å². The Kier molecular flexibility index (Phi) is 12.7. The number of carbonyl (C=O) groups is 1. The van der Waals surface area contributed by atoms with Crippen molar-refractivity contribution in [1.29, 1.82) is 0 Å². The maximum Gasteiger partial charge on any atom is 0.241 e. The lowest BCUT2D eigenvalue weighted by molar-refractivity contribution is -0.127. The van der Waals surface area contributed by atoms with Crippen molar-refractivity contribution >= 4 is 35.8 Å². The van der Waals surface area contributed by atoms with Gasteiger partial charge in [-0.15, -0.1) is 24.0 Å². The first-order valence-corrected chi connectivity index (χ1v) is 10.0. The van der Waals surface area contributed by atoms with E-state index in [0.717, 1.165) is 43.1 Å². The van der Waals surface area contributed by atoms with Gasteiger partial charge < -0.3 is 29.7 Å². The highest BCUT2D eigenvalue weighted by Crippen LogP contribution is 2.21. The van der Waals surface area contributed by atoms with E-state index in [4.69, 9.17) is 14.2 Å². The Labute approximate surface area is 196 Å². The fraction of sp³-hybridized carbons (Fsp3) is 0.619. The topological polar surface area (TPSA) is 84.4 Å². The van der Waals surface area contributed by atoms with Gasteiger partial charge in [0.25, 0.3) is 0 Å². The molecule has 0 radical (unpaired) electrons. The molecule has 1 heterocycles. The van der Waals surface area contributed by atoms with Crippen LogP contribution in [0.2, 0.25) is 0 Å². The number of nitrogens with zero attached hydrogens (tertiary/aromatic N) is 2. The molecule has 1 aromatic rings. The van der Waals surface area contributed by atoms with Crippen LogP contribution in [0.15, 0.2) is 23.2 Å². The smallest absolute Gasteiger partial charge is 0.241 e. The summed E-state index contributed by atoms with van der Waals surface area (Å²) in [5, 5.41) is 6.46. The molecule has 1 aromatic carbocycles. The van der Waals surface area contributed by atoms with Crippen LogP contribution in [0, 0.1) is 12.8 Å². The van der Waals surface area contributed by atoms with Crippen LogP contribution in [-0.2, 0) is 20.8 Å². The minimum absolute atomic E-state index is 0. The lowest BCUT2D eigenvalue weighted by Crippen LogP contribution is -2.44. The predicted molar refractivity (Wildman–Crippen MR) is 129 cm³/mol. The van der Waals surface area contributed by atoms with E-state index in [0.29, 0.717) is 31.6 Å². The van der Waals surface area contributed by atoms with Crippen LogP contribution in [0.25, 0.3) is 0 Å². The molecule has 30 heavy (non-hydrogen) atoms. The number of methoxy groups -OCH3 is 1. The van der Waals surface area contributed by atoms with Gasteiger partial charge in [-0.3, -0.25) is 4.79 Å². The molecule has 1 aliphatic rings. The highest BCUT2D eigenvalue weighted by atomic mass is 127. The van der Waals surface area contributed by atoms with E-state index >= 15 is 0 Å². The number of carbonyl (C=O) groups excluding carboxylic acids is 1. The zero-order valence-electron chi connectivity index (χ0n) is 18.4. The molecule has 1 unspecified atom stereocenters. The normalized spacial score (nSPS) is 16.0. The molecule has 0 saturated carbocycles. The lowest BCUT2D eigenvalue weighted by atomic mass is 10.1. The van der Waals surface area contributed by atoms with Gasteiger partial charge in [0.15, 0.2) is 5.96 Å². The summed E-state index contributed by atoms with van der Waals surface area (Å²) in [4.78, 5) is 18.2. The van der Waals surface area contributed by atoms with E-state index in [2.05, 4.69) is 15.6 Å². The Morgan fingerprint density at radius 2 is 2.10 bits per heavy atom.